The molecule has 2 aromatic carbocycles. The largest absolute Gasteiger partial charge is 0.463 e. The van der Waals surface area contributed by atoms with Gasteiger partial charge >= 0.3 is 5.97 Å². The van der Waals surface area contributed by atoms with Gasteiger partial charge in [-0.05, 0) is 36.0 Å². The van der Waals surface area contributed by atoms with Crippen molar-refractivity contribution in [2.75, 3.05) is 32.7 Å². The van der Waals surface area contributed by atoms with Crippen molar-refractivity contribution in [2.24, 2.45) is 0 Å². The molecule has 32 heavy (non-hydrogen) atoms. The Morgan fingerprint density at radius 3 is 2.47 bits per heavy atom. The van der Waals surface area contributed by atoms with Gasteiger partial charge in [0.1, 0.15) is 6.61 Å². The second kappa shape index (κ2) is 13.2. The molecule has 0 aliphatic heterocycles. The zero-order valence-corrected chi connectivity index (χ0v) is 18.9. The molecular weight excluding hydrogens is 430 g/mol. The number of amides is 2. The molecule has 2 rings (SSSR count). The first kappa shape index (κ1) is 25.0. The Morgan fingerprint density at radius 1 is 1.00 bits per heavy atom. The number of esters is 1. The summed E-state index contributed by atoms with van der Waals surface area (Å²) < 4.78 is 9.68. The van der Waals surface area contributed by atoms with E-state index in [1.165, 1.54) is 7.11 Å². The molecule has 0 radical (unpaired) electrons. The van der Waals surface area contributed by atoms with E-state index in [0.29, 0.717) is 24.4 Å². The Balaban J connectivity index is 1.83. The van der Waals surface area contributed by atoms with Gasteiger partial charge in [-0.15, -0.1) is 0 Å². The highest BCUT2D eigenvalue weighted by Gasteiger charge is 2.14. The van der Waals surface area contributed by atoms with E-state index in [1.54, 1.807) is 36.2 Å². The van der Waals surface area contributed by atoms with Crippen molar-refractivity contribution in [1.82, 2.24) is 10.2 Å². The number of anilines is 1. The van der Waals surface area contributed by atoms with Crippen molar-refractivity contribution < 1.29 is 23.9 Å². The van der Waals surface area contributed by atoms with Gasteiger partial charge in [-0.3, -0.25) is 14.4 Å². The van der Waals surface area contributed by atoms with Crippen LogP contribution in [0.5, 0.6) is 0 Å². The summed E-state index contributed by atoms with van der Waals surface area (Å²) in [5.74, 6) is -1.04. The van der Waals surface area contributed by atoms with Gasteiger partial charge in [0, 0.05) is 38.4 Å². The van der Waals surface area contributed by atoms with E-state index in [9.17, 15) is 14.4 Å². The number of methoxy groups -OCH3 is 1. The van der Waals surface area contributed by atoms with E-state index in [4.69, 9.17) is 21.7 Å². The van der Waals surface area contributed by atoms with Crippen molar-refractivity contribution in [3.63, 3.8) is 0 Å². The number of hydrogen-bond acceptors (Lipinski definition) is 6. The molecule has 0 fully saturated rings. The van der Waals surface area contributed by atoms with Crippen molar-refractivity contribution in [3.8, 4) is 0 Å². The van der Waals surface area contributed by atoms with Crippen LogP contribution in [0.4, 0.5) is 5.69 Å². The first-order chi connectivity index (χ1) is 15.4. The summed E-state index contributed by atoms with van der Waals surface area (Å²) in [6.45, 7) is 0.932. The number of rotatable bonds is 10. The number of thiocarbonyl (C=S) groups is 1. The number of carbonyl (C=O) groups excluding carboxylic acids is 3. The molecule has 0 heterocycles. The Bertz CT molecular complexity index is 936. The van der Waals surface area contributed by atoms with Crippen LogP contribution in [0, 0.1) is 0 Å². The van der Waals surface area contributed by atoms with Crippen LogP contribution in [-0.2, 0) is 25.6 Å². The van der Waals surface area contributed by atoms with E-state index in [2.05, 4.69) is 10.6 Å². The second-order valence-corrected chi connectivity index (χ2v) is 7.35. The predicted molar refractivity (Wildman–Crippen MR) is 125 cm³/mol. The van der Waals surface area contributed by atoms with Crippen LogP contribution in [-0.4, -0.2) is 55.2 Å². The topological polar surface area (TPSA) is 97.0 Å². The lowest BCUT2D eigenvalue weighted by molar-refractivity contribution is -0.146. The first-order valence-electron chi connectivity index (χ1n) is 10.0. The summed E-state index contributed by atoms with van der Waals surface area (Å²) >= 11 is 5.15. The predicted octanol–water partition coefficient (Wildman–Crippen LogP) is 2.74. The average Bonchev–Trinajstić information content (AvgIpc) is 2.78. The van der Waals surface area contributed by atoms with E-state index < -0.39 is 11.9 Å². The van der Waals surface area contributed by atoms with Crippen LogP contribution in [0.3, 0.4) is 0 Å². The Kier molecular flexibility index (Phi) is 10.3. The summed E-state index contributed by atoms with van der Waals surface area (Å²) in [6, 6.07) is 16.5. The second-order valence-electron chi connectivity index (χ2n) is 6.94. The number of carbonyl (C=O) groups is 3. The van der Waals surface area contributed by atoms with Crippen molar-refractivity contribution >= 4 is 40.8 Å². The van der Waals surface area contributed by atoms with Crippen LogP contribution in [0.15, 0.2) is 54.6 Å². The third kappa shape index (κ3) is 8.83. The molecule has 2 N–H and O–H groups in total. The molecule has 9 heteroatoms. The molecule has 0 spiro atoms. The SMILES string of the molecule is COCCOC(=O)CCC(=O)NC(=S)Nc1cccc(C(=O)N(C)Cc2ccccc2)c1. The molecule has 0 atom stereocenters. The van der Waals surface area contributed by atoms with E-state index >= 15 is 0 Å². The van der Waals surface area contributed by atoms with Crippen molar-refractivity contribution in [1.29, 1.82) is 0 Å². The highest BCUT2D eigenvalue weighted by molar-refractivity contribution is 7.80. The third-order valence-corrected chi connectivity index (χ3v) is 4.54. The number of nitrogens with zero attached hydrogens (tertiary/aromatic N) is 1. The minimum atomic E-state index is -0.484. The molecule has 8 nitrogen and oxygen atoms in total. The smallest absolute Gasteiger partial charge is 0.306 e. The van der Waals surface area contributed by atoms with Crippen LogP contribution in [0.25, 0.3) is 0 Å². The molecule has 0 bridgehead atoms. The molecule has 0 aliphatic rings. The first-order valence-corrected chi connectivity index (χ1v) is 10.4. The molecule has 170 valence electrons. The Morgan fingerprint density at radius 2 is 1.75 bits per heavy atom. The monoisotopic (exact) mass is 457 g/mol. The zero-order valence-electron chi connectivity index (χ0n) is 18.1. The van der Waals surface area contributed by atoms with Gasteiger partial charge in [0.25, 0.3) is 5.91 Å². The summed E-state index contributed by atoms with van der Waals surface area (Å²) in [5.41, 5.74) is 2.08. The van der Waals surface area contributed by atoms with Gasteiger partial charge in [-0.2, -0.15) is 0 Å². The third-order valence-electron chi connectivity index (χ3n) is 4.34. The number of nitrogens with one attached hydrogen (secondary N) is 2. The fraction of sp³-hybridized carbons (Fsp3) is 0.304. The maximum Gasteiger partial charge on any atom is 0.306 e. The highest BCUT2D eigenvalue weighted by atomic mass is 32.1. The van der Waals surface area contributed by atoms with Crippen molar-refractivity contribution in [2.45, 2.75) is 19.4 Å². The summed E-state index contributed by atoms with van der Waals surface area (Å²) in [5, 5.41) is 5.47. The molecule has 0 saturated carbocycles. The lowest BCUT2D eigenvalue weighted by Crippen LogP contribution is -2.34. The van der Waals surface area contributed by atoms with Gasteiger partial charge in [-0.1, -0.05) is 36.4 Å². The lowest BCUT2D eigenvalue weighted by Gasteiger charge is -2.18. The molecule has 0 aliphatic carbocycles. The quantitative estimate of drug-likeness (QED) is 0.322. The number of hydrogen-bond donors (Lipinski definition) is 2. The van der Waals surface area contributed by atoms with Crippen LogP contribution in [0.2, 0.25) is 0 Å². The maximum atomic E-state index is 12.8. The standard InChI is InChI=1S/C23H27N3O5S/c1-26(16-17-7-4-3-5-8-17)22(29)18-9-6-10-19(15-18)24-23(32)25-20(27)11-12-21(28)31-14-13-30-2/h3-10,15H,11-14,16H2,1-2H3,(H2,24,25,27,32). The normalized spacial score (nSPS) is 10.2. The van der Waals surface area contributed by atoms with Gasteiger partial charge in [0.2, 0.25) is 5.91 Å². The average molecular weight is 458 g/mol. The zero-order chi connectivity index (χ0) is 23.3. The van der Waals surface area contributed by atoms with Crippen LogP contribution >= 0.6 is 12.2 Å². The van der Waals surface area contributed by atoms with Gasteiger partial charge in [0.05, 0.1) is 13.0 Å². The number of ether oxygens (including phenoxy) is 2. The summed E-state index contributed by atoms with van der Waals surface area (Å²) in [6.07, 6.45) is -0.119. The molecule has 2 amide bonds. The molecule has 0 aromatic heterocycles. The minimum absolute atomic E-state index is 0.0591. The summed E-state index contributed by atoms with van der Waals surface area (Å²) in [7, 11) is 3.24. The van der Waals surface area contributed by atoms with Gasteiger partial charge < -0.3 is 25.0 Å². The van der Waals surface area contributed by atoms with Gasteiger partial charge in [-0.25, -0.2) is 0 Å². The fourth-order valence-electron chi connectivity index (χ4n) is 2.76. The minimum Gasteiger partial charge on any atom is -0.463 e. The van der Waals surface area contributed by atoms with E-state index in [-0.39, 0.29) is 30.5 Å². The van der Waals surface area contributed by atoms with Gasteiger partial charge in [0.15, 0.2) is 5.11 Å². The lowest BCUT2D eigenvalue weighted by atomic mass is 10.1. The summed E-state index contributed by atoms with van der Waals surface area (Å²) in [4.78, 5) is 37.9. The van der Waals surface area contributed by atoms with E-state index in [1.807, 2.05) is 30.3 Å². The molecule has 0 unspecified atom stereocenters. The molecule has 2 aromatic rings. The maximum absolute atomic E-state index is 12.8. The Hall–Kier alpha value is -3.30. The van der Waals surface area contributed by atoms with Crippen LogP contribution < -0.4 is 10.6 Å². The fourth-order valence-corrected chi connectivity index (χ4v) is 2.99. The Labute approximate surface area is 192 Å². The van der Waals surface area contributed by atoms with E-state index in [0.717, 1.165) is 5.56 Å². The highest BCUT2D eigenvalue weighted by Crippen LogP contribution is 2.14. The molecule has 0 saturated heterocycles. The molecular formula is C23H27N3O5S. The van der Waals surface area contributed by atoms with Crippen molar-refractivity contribution in [3.05, 3.63) is 65.7 Å². The number of benzene rings is 2. The van der Waals surface area contributed by atoms with Crippen LogP contribution in [0.1, 0.15) is 28.8 Å².